The Labute approximate surface area is 143 Å². The van der Waals surface area contributed by atoms with Crippen LogP contribution in [0.25, 0.3) is 0 Å². The van der Waals surface area contributed by atoms with Gasteiger partial charge in [0.25, 0.3) is 0 Å². The van der Waals surface area contributed by atoms with Crippen molar-refractivity contribution in [1.29, 1.82) is 0 Å². The van der Waals surface area contributed by atoms with Crippen LogP contribution in [0.15, 0.2) is 34.8 Å². The van der Waals surface area contributed by atoms with E-state index in [0.29, 0.717) is 6.04 Å². The molecule has 1 N–H and O–H groups in total. The molecule has 1 atom stereocenters. The van der Waals surface area contributed by atoms with Crippen molar-refractivity contribution in [3.63, 3.8) is 0 Å². The molecule has 0 aliphatic heterocycles. The van der Waals surface area contributed by atoms with E-state index in [-0.39, 0.29) is 0 Å². The minimum Gasteiger partial charge on any atom is -0.497 e. The fraction of sp³-hybridized carbons (Fsp3) is 0.375. The van der Waals surface area contributed by atoms with Crippen LogP contribution < -0.4 is 10.1 Å². The van der Waals surface area contributed by atoms with E-state index in [1.54, 1.807) is 18.4 Å². The summed E-state index contributed by atoms with van der Waals surface area (Å²) < 4.78 is 6.99. The van der Waals surface area contributed by atoms with Gasteiger partial charge in [0.2, 0.25) is 0 Å². The molecule has 0 aliphatic carbocycles. The highest BCUT2D eigenvalue weighted by Crippen LogP contribution is 2.36. The third-order valence-corrected chi connectivity index (χ3v) is 5.93. The molecule has 2 rings (SSSR count). The number of rotatable bonds is 7. The van der Waals surface area contributed by atoms with Gasteiger partial charge in [-0.05, 0) is 59.1 Å². The highest BCUT2D eigenvalue weighted by Gasteiger charge is 2.15. The van der Waals surface area contributed by atoms with Crippen molar-refractivity contribution in [2.24, 2.45) is 0 Å². The fourth-order valence-corrected chi connectivity index (χ4v) is 4.08. The summed E-state index contributed by atoms with van der Waals surface area (Å²) in [6.07, 6.45) is 2.07. The third kappa shape index (κ3) is 4.71. The first-order valence-electron chi connectivity index (χ1n) is 6.95. The molecule has 0 bridgehead atoms. The largest absolute Gasteiger partial charge is 0.497 e. The zero-order chi connectivity index (χ0) is 15.2. The summed E-state index contributed by atoms with van der Waals surface area (Å²) in [5, 5.41) is 3.54. The van der Waals surface area contributed by atoms with Gasteiger partial charge in [0, 0.05) is 15.4 Å². The van der Waals surface area contributed by atoms with E-state index in [2.05, 4.69) is 46.4 Å². The number of hydrogen-bond acceptors (Lipinski definition) is 3. The minimum absolute atomic E-state index is 0.339. The monoisotopic (exact) mass is 387 g/mol. The van der Waals surface area contributed by atoms with Crippen molar-refractivity contribution in [1.82, 2.24) is 5.32 Å². The molecular formula is C16H19BrClNOS. The van der Waals surface area contributed by atoms with E-state index in [9.17, 15) is 0 Å². The molecule has 0 amide bonds. The molecule has 1 heterocycles. The number of nitrogens with one attached hydrogen (secondary N) is 1. The predicted octanol–water partition coefficient (Wildman–Crippen LogP) is 5.46. The summed E-state index contributed by atoms with van der Waals surface area (Å²) in [5.41, 5.74) is 1.32. The van der Waals surface area contributed by atoms with Crippen LogP contribution in [0.2, 0.25) is 4.34 Å². The van der Waals surface area contributed by atoms with Gasteiger partial charge < -0.3 is 10.1 Å². The Balaban J connectivity index is 2.02. The first kappa shape index (κ1) is 16.8. The normalized spacial score (nSPS) is 12.4. The molecule has 0 saturated carbocycles. The van der Waals surface area contributed by atoms with Crippen molar-refractivity contribution in [2.45, 2.75) is 25.8 Å². The lowest BCUT2D eigenvalue weighted by Crippen LogP contribution is -2.20. The molecular weight excluding hydrogens is 370 g/mol. The van der Waals surface area contributed by atoms with Crippen LogP contribution in [0.3, 0.4) is 0 Å². The molecule has 0 fully saturated rings. The second kappa shape index (κ2) is 8.18. The Kier molecular flexibility index (Phi) is 6.55. The van der Waals surface area contributed by atoms with Crippen LogP contribution in [0.4, 0.5) is 0 Å². The van der Waals surface area contributed by atoms with E-state index in [1.165, 1.54) is 10.4 Å². The van der Waals surface area contributed by atoms with Crippen LogP contribution in [-0.2, 0) is 6.42 Å². The average molecular weight is 389 g/mol. The number of hydrogen-bond donors (Lipinski definition) is 1. The summed E-state index contributed by atoms with van der Waals surface area (Å²) >= 11 is 11.3. The van der Waals surface area contributed by atoms with Gasteiger partial charge in [0.15, 0.2) is 0 Å². The van der Waals surface area contributed by atoms with Gasteiger partial charge in [0.1, 0.15) is 10.1 Å². The van der Waals surface area contributed by atoms with Gasteiger partial charge in [-0.2, -0.15) is 0 Å². The fourth-order valence-electron chi connectivity index (χ4n) is 2.23. The van der Waals surface area contributed by atoms with Gasteiger partial charge in [-0.15, -0.1) is 11.3 Å². The number of ether oxygens (including phenoxy) is 1. The molecule has 1 aromatic carbocycles. The van der Waals surface area contributed by atoms with E-state index >= 15 is 0 Å². The first-order chi connectivity index (χ1) is 10.1. The first-order valence-corrected chi connectivity index (χ1v) is 8.93. The Bertz CT molecular complexity index is 551. The van der Waals surface area contributed by atoms with Crippen LogP contribution in [0.1, 0.15) is 29.8 Å². The number of halogens is 2. The molecule has 2 nitrogen and oxygen atoms in total. The number of methoxy groups -OCH3 is 1. The standard InChI is InChI=1S/C16H19BrClNOS/c1-3-19-14(15-10-13(17)16(18)21-15)9-6-11-4-7-12(20-2)8-5-11/h4-5,7-8,10,14,19H,3,6,9H2,1-2H3. The summed E-state index contributed by atoms with van der Waals surface area (Å²) in [6.45, 7) is 3.07. The zero-order valence-corrected chi connectivity index (χ0v) is 15.3. The highest BCUT2D eigenvalue weighted by atomic mass is 79.9. The summed E-state index contributed by atoms with van der Waals surface area (Å²) in [6, 6.07) is 10.7. The maximum Gasteiger partial charge on any atom is 0.118 e. The van der Waals surface area contributed by atoms with Crippen molar-refractivity contribution < 1.29 is 4.74 Å². The van der Waals surface area contributed by atoms with Crippen LogP contribution in [0.5, 0.6) is 5.75 Å². The number of thiophene rings is 1. The lowest BCUT2D eigenvalue weighted by molar-refractivity contribution is 0.414. The molecule has 0 saturated heterocycles. The second-order valence-electron chi connectivity index (χ2n) is 4.77. The van der Waals surface area contributed by atoms with E-state index < -0.39 is 0 Å². The molecule has 1 aromatic heterocycles. The van der Waals surface area contributed by atoms with Crippen molar-refractivity contribution in [3.8, 4) is 5.75 Å². The van der Waals surface area contributed by atoms with E-state index in [0.717, 1.165) is 33.9 Å². The lowest BCUT2D eigenvalue weighted by Gasteiger charge is -2.16. The molecule has 0 spiro atoms. The molecule has 0 radical (unpaired) electrons. The van der Waals surface area contributed by atoms with Crippen LogP contribution in [-0.4, -0.2) is 13.7 Å². The summed E-state index contributed by atoms with van der Waals surface area (Å²) in [5.74, 6) is 0.899. The van der Waals surface area contributed by atoms with Crippen molar-refractivity contribution >= 4 is 38.9 Å². The molecule has 1 unspecified atom stereocenters. The number of aryl methyl sites for hydroxylation is 1. The predicted molar refractivity (Wildman–Crippen MR) is 94.8 cm³/mol. The smallest absolute Gasteiger partial charge is 0.118 e. The summed E-state index contributed by atoms with van der Waals surface area (Å²) in [4.78, 5) is 1.28. The van der Waals surface area contributed by atoms with Gasteiger partial charge >= 0.3 is 0 Å². The highest BCUT2D eigenvalue weighted by molar-refractivity contribution is 9.10. The number of benzene rings is 1. The maximum absolute atomic E-state index is 6.15. The quantitative estimate of drug-likeness (QED) is 0.680. The SMILES string of the molecule is CCNC(CCc1ccc(OC)cc1)c1cc(Br)c(Cl)s1. The molecule has 2 aromatic rings. The van der Waals surface area contributed by atoms with Gasteiger partial charge in [-0.25, -0.2) is 0 Å². The third-order valence-electron chi connectivity index (χ3n) is 3.34. The van der Waals surface area contributed by atoms with Gasteiger partial charge in [-0.1, -0.05) is 30.7 Å². The molecule has 0 aliphatic rings. The van der Waals surface area contributed by atoms with Crippen LogP contribution >= 0.6 is 38.9 Å². The van der Waals surface area contributed by atoms with Crippen molar-refractivity contribution in [3.05, 3.63) is 49.6 Å². The molecule has 21 heavy (non-hydrogen) atoms. The second-order valence-corrected chi connectivity index (χ2v) is 7.31. The minimum atomic E-state index is 0.339. The van der Waals surface area contributed by atoms with E-state index in [1.807, 2.05) is 12.1 Å². The Morgan fingerprint density at radius 3 is 2.57 bits per heavy atom. The molecule has 114 valence electrons. The van der Waals surface area contributed by atoms with Gasteiger partial charge in [-0.3, -0.25) is 0 Å². The Morgan fingerprint density at radius 1 is 1.33 bits per heavy atom. The van der Waals surface area contributed by atoms with Gasteiger partial charge in [0.05, 0.1) is 7.11 Å². The Hall–Kier alpha value is -0.550. The lowest BCUT2D eigenvalue weighted by atomic mass is 10.0. The van der Waals surface area contributed by atoms with Crippen LogP contribution in [0, 0.1) is 0 Å². The maximum atomic E-state index is 6.15. The zero-order valence-electron chi connectivity index (χ0n) is 12.2. The average Bonchev–Trinajstić information content (AvgIpc) is 2.83. The summed E-state index contributed by atoms with van der Waals surface area (Å²) in [7, 11) is 1.69. The van der Waals surface area contributed by atoms with E-state index in [4.69, 9.17) is 16.3 Å². The Morgan fingerprint density at radius 2 is 2.05 bits per heavy atom. The topological polar surface area (TPSA) is 21.3 Å². The van der Waals surface area contributed by atoms with Crippen molar-refractivity contribution in [2.75, 3.05) is 13.7 Å². The molecule has 5 heteroatoms.